The van der Waals surface area contributed by atoms with Crippen LogP contribution in [0, 0.1) is 0 Å². The molecule has 15 aromatic rings. The molecule has 0 bridgehead atoms. The first-order valence-corrected chi connectivity index (χ1v) is 24.7. The highest BCUT2D eigenvalue weighted by atomic mass is 32.1. The fraction of sp³-hybridized carbons (Fsp3) is 0. The Morgan fingerprint density at radius 1 is 0.310 bits per heavy atom. The number of furan rings is 1. The van der Waals surface area contributed by atoms with E-state index in [1.807, 2.05) is 54.6 Å². The molecule has 6 heteroatoms. The number of para-hydroxylation sites is 1. The first-order valence-electron chi connectivity index (χ1n) is 23.9. The van der Waals surface area contributed by atoms with Crippen molar-refractivity contribution in [2.24, 2.45) is 0 Å². The molecule has 0 radical (unpaired) electrons. The van der Waals surface area contributed by atoms with Gasteiger partial charge in [0.2, 0.25) is 0 Å². The number of rotatable bonds is 6. The van der Waals surface area contributed by atoms with Crippen LogP contribution in [0.15, 0.2) is 235 Å². The summed E-state index contributed by atoms with van der Waals surface area (Å²) in [5.41, 5.74) is 12.6. The van der Waals surface area contributed by atoms with E-state index < -0.39 is 0 Å². The molecule has 0 atom stereocenters. The third-order valence-corrected chi connectivity index (χ3v) is 15.3. The van der Waals surface area contributed by atoms with Gasteiger partial charge in [0.05, 0.1) is 16.7 Å². The van der Waals surface area contributed by atoms with E-state index in [2.05, 4.69) is 180 Å². The minimum absolute atomic E-state index is 0.589. The summed E-state index contributed by atoms with van der Waals surface area (Å²) in [5.74, 6) is 1.82. The number of thiophene rings is 1. The summed E-state index contributed by atoms with van der Waals surface area (Å²) >= 11 is 1.81. The standard InChI is InChI=1S/C65H38N4OS/c1-4-17-39(18-5-1)51-37-54-61(48-26-12-10-23-44(48)51)62-49-27-13-11-24-45(49)52(40-19-6-2-7-20-40)38-55(62)69(54)53-28-16-30-58-60(53)50-34-32-43(36-59(50)71-58)65-67-63(41-21-8-3-9-22-41)66-64(68-65)42-31-33-47-46-25-14-15-29-56(46)70-57(47)35-42/h1-38H. The van der Waals surface area contributed by atoms with Crippen molar-refractivity contribution in [3.8, 4) is 62.1 Å². The Bertz CT molecular complexity index is 4490. The highest BCUT2D eigenvalue weighted by Crippen LogP contribution is 2.48. The van der Waals surface area contributed by atoms with Crippen molar-refractivity contribution in [3.05, 3.63) is 231 Å². The van der Waals surface area contributed by atoms with Crippen molar-refractivity contribution >= 4 is 96.8 Å². The maximum atomic E-state index is 6.32. The fourth-order valence-corrected chi connectivity index (χ4v) is 12.2. The van der Waals surface area contributed by atoms with Crippen molar-refractivity contribution in [3.63, 3.8) is 0 Å². The normalized spacial score (nSPS) is 11.9. The zero-order chi connectivity index (χ0) is 46.6. The van der Waals surface area contributed by atoms with Crippen LogP contribution in [0.2, 0.25) is 0 Å². The van der Waals surface area contributed by atoms with Crippen LogP contribution in [0.3, 0.4) is 0 Å². The zero-order valence-corrected chi connectivity index (χ0v) is 38.9. The van der Waals surface area contributed by atoms with E-state index in [-0.39, 0.29) is 0 Å². The summed E-state index contributed by atoms with van der Waals surface area (Å²) in [6, 6.07) is 82.4. The van der Waals surface area contributed by atoms with Gasteiger partial charge >= 0.3 is 0 Å². The largest absolute Gasteiger partial charge is 0.456 e. The summed E-state index contributed by atoms with van der Waals surface area (Å²) in [6.45, 7) is 0. The molecule has 0 aliphatic carbocycles. The van der Waals surface area contributed by atoms with E-state index >= 15 is 0 Å². The molecule has 0 unspecified atom stereocenters. The van der Waals surface area contributed by atoms with E-state index in [0.717, 1.165) is 49.0 Å². The zero-order valence-electron chi connectivity index (χ0n) is 38.0. The molecule has 11 aromatic carbocycles. The van der Waals surface area contributed by atoms with E-state index in [9.17, 15) is 0 Å². The predicted molar refractivity (Wildman–Crippen MR) is 297 cm³/mol. The number of fused-ring (bicyclic) bond motifs is 13. The molecule has 5 nitrogen and oxygen atoms in total. The number of hydrogen-bond acceptors (Lipinski definition) is 5. The average molecular weight is 923 g/mol. The molecule has 0 N–H and O–H groups in total. The Morgan fingerprint density at radius 2 is 0.789 bits per heavy atom. The molecule has 0 saturated heterocycles. The molecule has 0 aliphatic heterocycles. The Labute approximate surface area is 411 Å². The van der Waals surface area contributed by atoms with Gasteiger partial charge in [-0.15, -0.1) is 11.3 Å². The summed E-state index contributed by atoms with van der Waals surface area (Å²) in [7, 11) is 0. The molecular weight excluding hydrogens is 885 g/mol. The Morgan fingerprint density at radius 3 is 1.39 bits per heavy atom. The lowest BCUT2D eigenvalue weighted by atomic mass is 9.92. The predicted octanol–water partition coefficient (Wildman–Crippen LogP) is 17.9. The van der Waals surface area contributed by atoms with Crippen molar-refractivity contribution in [2.45, 2.75) is 0 Å². The van der Waals surface area contributed by atoms with Gasteiger partial charge in [-0.1, -0.05) is 182 Å². The Hall–Kier alpha value is -9.23. The van der Waals surface area contributed by atoms with Crippen LogP contribution in [0.4, 0.5) is 0 Å². The van der Waals surface area contributed by atoms with Crippen LogP contribution in [0.1, 0.15) is 0 Å². The third-order valence-electron chi connectivity index (χ3n) is 14.2. The maximum absolute atomic E-state index is 6.32. The maximum Gasteiger partial charge on any atom is 0.164 e. The Kier molecular flexibility index (Phi) is 8.76. The third kappa shape index (κ3) is 6.22. The topological polar surface area (TPSA) is 56.7 Å². The lowest BCUT2D eigenvalue weighted by molar-refractivity contribution is 0.669. The minimum atomic E-state index is 0.589. The lowest BCUT2D eigenvalue weighted by Gasteiger charge is -2.14. The molecular formula is C65H38N4OS. The number of benzene rings is 11. The summed E-state index contributed by atoms with van der Waals surface area (Å²) < 4.78 is 11.2. The quantitative estimate of drug-likeness (QED) is 0.167. The van der Waals surface area contributed by atoms with Crippen LogP contribution in [0.25, 0.3) is 148 Å². The molecule has 0 amide bonds. The van der Waals surface area contributed by atoms with E-state index in [1.54, 1.807) is 11.3 Å². The number of hydrogen-bond donors (Lipinski definition) is 0. The average Bonchev–Trinajstić information content (AvgIpc) is 4.12. The van der Waals surface area contributed by atoms with Gasteiger partial charge in [-0.05, 0) is 92.3 Å². The van der Waals surface area contributed by atoms with E-state index in [0.29, 0.717) is 17.5 Å². The highest BCUT2D eigenvalue weighted by molar-refractivity contribution is 7.26. The second kappa shape index (κ2) is 15.7. The van der Waals surface area contributed by atoms with Crippen LogP contribution < -0.4 is 0 Å². The van der Waals surface area contributed by atoms with E-state index in [1.165, 1.54) is 81.1 Å². The van der Waals surface area contributed by atoms with E-state index in [4.69, 9.17) is 19.4 Å². The second-order valence-corrected chi connectivity index (χ2v) is 19.3. The first-order chi connectivity index (χ1) is 35.2. The van der Waals surface area contributed by atoms with Crippen LogP contribution >= 0.6 is 11.3 Å². The summed E-state index contributed by atoms with van der Waals surface area (Å²) in [4.78, 5) is 15.4. The van der Waals surface area contributed by atoms with Gasteiger partial charge in [0, 0.05) is 58.4 Å². The van der Waals surface area contributed by atoms with Gasteiger partial charge in [0.15, 0.2) is 17.5 Å². The molecule has 4 heterocycles. The SMILES string of the molecule is c1ccc(-c2nc(-c3ccc4c(c3)oc3ccccc34)nc(-c3ccc4c(c3)sc3cccc(-n5c6cc(-c7ccccc7)c7ccccc7c6c6c7ccccc7c(-c7ccccc7)cc65)c34)n2)cc1. The van der Waals surface area contributed by atoms with Gasteiger partial charge in [-0.2, -0.15) is 0 Å². The van der Waals surface area contributed by atoms with Crippen molar-refractivity contribution in [1.29, 1.82) is 0 Å². The molecule has 0 fully saturated rings. The molecule has 330 valence electrons. The van der Waals surface area contributed by atoms with Crippen LogP contribution in [-0.4, -0.2) is 19.5 Å². The molecule has 4 aromatic heterocycles. The van der Waals surface area contributed by atoms with Crippen LogP contribution in [0.5, 0.6) is 0 Å². The van der Waals surface area contributed by atoms with Crippen molar-refractivity contribution < 1.29 is 4.42 Å². The highest BCUT2D eigenvalue weighted by Gasteiger charge is 2.24. The minimum Gasteiger partial charge on any atom is -0.456 e. The van der Waals surface area contributed by atoms with Crippen LogP contribution in [-0.2, 0) is 0 Å². The second-order valence-electron chi connectivity index (χ2n) is 18.2. The molecule has 0 aliphatic rings. The molecule has 0 saturated carbocycles. The lowest BCUT2D eigenvalue weighted by Crippen LogP contribution is -2.00. The number of nitrogens with zero attached hydrogens (tertiary/aromatic N) is 4. The smallest absolute Gasteiger partial charge is 0.164 e. The summed E-state index contributed by atoms with van der Waals surface area (Å²) in [5, 5.41) is 12.0. The van der Waals surface area contributed by atoms with Gasteiger partial charge < -0.3 is 8.98 Å². The monoisotopic (exact) mass is 922 g/mol. The van der Waals surface area contributed by atoms with Gasteiger partial charge in [-0.25, -0.2) is 15.0 Å². The van der Waals surface area contributed by atoms with Gasteiger partial charge in [0.1, 0.15) is 11.2 Å². The van der Waals surface area contributed by atoms with Crippen molar-refractivity contribution in [2.75, 3.05) is 0 Å². The first kappa shape index (κ1) is 39.7. The number of aromatic nitrogens is 4. The Balaban J connectivity index is 0.979. The van der Waals surface area contributed by atoms with Crippen molar-refractivity contribution in [1.82, 2.24) is 19.5 Å². The van der Waals surface area contributed by atoms with Gasteiger partial charge in [0.25, 0.3) is 0 Å². The molecule has 15 rings (SSSR count). The fourth-order valence-electron chi connectivity index (χ4n) is 11.0. The van der Waals surface area contributed by atoms with Gasteiger partial charge in [-0.3, -0.25) is 0 Å². The molecule has 71 heavy (non-hydrogen) atoms. The molecule has 0 spiro atoms. The summed E-state index contributed by atoms with van der Waals surface area (Å²) in [6.07, 6.45) is 0.